The highest BCUT2D eigenvalue weighted by Gasteiger charge is 2.37. The van der Waals surface area contributed by atoms with Gasteiger partial charge in [0, 0.05) is 0 Å². The molecule has 0 aliphatic carbocycles. The maximum atomic E-state index is 5.98. The second kappa shape index (κ2) is 9.01. The average molecular weight is 390 g/mol. The van der Waals surface area contributed by atoms with E-state index in [-0.39, 0.29) is 12.2 Å². The van der Waals surface area contributed by atoms with Gasteiger partial charge >= 0.3 is 0 Å². The topological polar surface area (TPSA) is 36.9 Å². The van der Waals surface area contributed by atoms with E-state index in [1.54, 1.807) is 0 Å². The third-order valence-corrected chi connectivity index (χ3v) is 5.35. The van der Waals surface area contributed by atoms with Gasteiger partial charge < -0.3 is 18.9 Å². The molecule has 0 spiro atoms. The summed E-state index contributed by atoms with van der Waals surface area (Å²) in [4.78, 5) is 0. The van der Waals surface area contributed by atoms with Crippen LogP contribution in [0.1, 0.15) is 13.3 Å². The largest absolute Gasteiger partial charge is 0.493 e. The molecule has 0 atom stereocenters. The summed E-state index contributed by atoms with van der Waals surface area (Å²) in [5, 5.41) is 0. The van der Waals surface area contributed by atoms with E-state index in [0.29, 0.717) is 6.61 Å². The fourth-order valence-electron chi connectivity index (χ4n) is 3.19. The summed E-state index contributed by atoms with van der Waals surface area (Å²) in [6.45, 7) is 4.68. The molecular weight excluding hydrogens is 364 g/mol. The summed E-state index contributed by atoms with van der Waals surface area (Å²) in [7, 11) is 0. The van der Waals surface area contributed by atoms with E-state index >= 15 is 0 Å². The molecule has 0 N–H and O–H groups in total. The third kappa shape index (κ3) is 4.90. The van der Waals surface area contributed by atoms with Crippen LogP contribution >= 0.6 is 0 Å². The fraction of sp³-hybridized carbons (Fsp3) is 0.280. The van der Waals surface area contributed by atoms with Crippen LogP contribution in [0.2, 0.25) is 0 Å². The number of rotatable bonds is 9. The SMILES string of the molecule is CCC1(COc2ccc(-c3ccc(OCOc4ccccc4)cc3)cc2)COC1. The molecule has 0 radical (unpaired) electrons. The van der Waals surface area contributed by atoms with E-state index < -0.39 is 0 Å². The normalized spacial score (nSPS) is 14.7. The molecule has 0 saturated carbocycles. The summed E-state index contributed by atoms with van der Waals surface area (Å²) in [6.07, 6.45) is 1.08. The van der Waals surface area contributed by atoms with Gasteiger partial charge in [-0.2, -0.15) is 0 Å². The summed E-state index contributed by atoms with van der Waals surface area (Å²) in [5.74, 6) is 2.46. The molecule has 0 unspecified atom stereocenters. The summed E-state index contributed by atoms with van der Waals surface area (Å²) >= 11 is 0. The van der Waals surface area contributed by atoms with Crippen LogP contribution in [0.25, 0.3) is 11.1 Å². The van der Waals surface area contributed by atoms with Gasteiger partial charge in [0.1, 0.15) is 17.2 Å². The maximum absolute atomic E-state index is 5.98. The van der Waals surface area contributed by atoms with Gasteiger partial charge in [-0.05, 0) is 53.9 Å². The van der Waals surface area contributed by atoms with Gasteiger partial charge in [-0.3, -0.25) is 0 Å². The van der Waals surface area contributed by atoms with Crippen LogP contribution in [-0.4, -0.2) is 26.6 Å². The lowest BCUT2D eigenvalue weighted by Gasteiger charge is -2.40. The minimum Gasteiger partial charge on any atom is -0.493 e. The number of hydrogen-bond donors (Lipinski definition) is 0. The summed E-state index contributed by atoms with van der Waals surface area (Å²) in [5.41, 5.74) is 2.46. The van der Waals surface area contributed by atoms with Crippen molar-refractivity contribution in [3.8, 4) is 28.4 Å². The zero-order valence-electron chi connectivity index (χ0n) is 16.7. The molecule has 4 nitrogen and oxygen atoms in total. The number of ether oxygens (including phenoxy) is 4. The van der Waals surface area contributed by atoms with E-state index in [9.17, 15) is 0 Å². The van der Waals surface area contributed by atoms with Crippen LogP contribution in [-0.2, 0) is 4.74 Å². The standard InChI is InChI=1S/C25H26O4/c1-2-25(16-26-17-25)18-27-23-12-8-20(9-13-23)21-10-14-24(15-11-21)29-19-28-22-6-4-3-5-7-22/h3-15H,2,16-19H2,1H3. The number of para-hydroxylation sites is 1. The van der Waals surface area contributed by atoms with Crippen LogP contribution in [0.4, 0.5) is 0 Å². The zero-order valence-corrected chi connectivity index (χ0v) is 16.7. The van der Waals surface area contributed by atoms with Crippen molar-refractivity contribution in [1.82, 2.24) is 0 Å². The second-order valence-corrected chi connectivity index (χ2v) is 7.40. The third-order valence-electron chi connectivity index (χ3n) is 5.35. The Morgan fingerprint density at radius 1 is 0.690 bits per heavy atom. The molecule has 1 heterocycles. The van der Waals surface area contributed by atoms with Crippen molar-refractivity contribution in [3.63, 3.8) is 0 Å². The number of hydrogen-bond acceptors (Lipinski definition) is 4. The van der Waals surface area contributed by atoms with Crippen molar-refractivity contribution in [1.29, 1.82) is 0 Å². The van der Waals surface area contributed by atoms with Crippen LogP contribution < -0.4 is 14.2 Å². The van der Waals surface area contributed by atoms with Crippen LogP contribution in [0.15, 0.2) is 78.9 Å². The maximum Gasteiger partial charge on any atom is 0.230 e. The highest BCUT2D eigenvalue weighted by atomic mass is 16.7. The van der Waals surface area contributed by atoms with Crippen LogP contribution in [0.3, 0.4) is 0 Å². The molecule has 1 fully saturated rings. The first kappa shape index (κ1) is 19.3. The molecule has 3 aromatic carbocycles. The molecule has 0 bridgehead atoms. The first-order valence-electron chi connectivity index (χ1n) is 9.98. The Bertz CT molecular complexity index is 879. The highest BCUT2D eigenvalue weighted by molar-refractivity contribution is 5.64. The predicted molar refractivity (Wildman–Crippen MR) is 113 cm³/mol. The van der Waals surface area contributed by atoms with E-state index in [1.165, 1.54) is 0 Å². The van der Waals surface area contributed by atoms with Crippen LogP contribution in [0.5, 0.6) is 17.2 Å². The Labute approximate surface area is 172 Å². The molecule has 4 rings (SSSR count). The van der Waals surface area contributed by atoms with Gasteiger partial charge in [0.15, 0.2) is 0 Å². The van der Waals surface area contributed by atoms with Gasteiger partial charge in [0.2, 0.25) is 6.79 Å². The lowest BCUT2D eigenvalue weighted by Crippen LogP contribution is -2.46. The second-order valence-electron chi connectivity index (χ2n) is 7.40. The molecule has 4 heteroatoms. The molecule has 0 amide bonds. The molecule has 29 heavy (non-hydrogen) atoms. The average Bonchev–Trinajstić information content (AvgIpc) is 2.75. The molecule has 0 aromatic heterocycles. The van der Waals surface area contributed by atoms with Crippen molar-refractivity contribution in [2.24, 2.45) is 5.41 Å². The zero-order chi connectivity index (χ0) is 19.9. The van der Waals surface area contributed by atoms with E-state index in [4.69, 9.17) is 18.9 Å². The first-order chi connectivity index (χ1) is 14.3. The van der Waals surface area contributed by atoms with Crippen molar-refractivity contribution in [3.05, 3.63) is 78.9 Å². The van der Waals surface area contributed by atoms with E-state index in [1.807, 2.05) is 66.7 Å². The molecule has 3 aromatic rings. The highest BCUT2D eigenvalue weighted by Crippen LogP contribution is 2.32. The summed E-state index contributed by atoms with van der Waals surface area (Å²) in [6, 6.07) is 25.8. The minimum absolute atomic E-state index is 0.180. The van der Waals surface area contributed by atoms with Crippen molar-refractivity contribution in [2.75, 3.05) is 26.6 Å². The van der Waals surface area contributed by atoms with Gasteiger partial charge in [0.25, 0.3) is 0 Å². The Balaban J connectivity index is 1.29. The van der Waals surface area contributed by atoms with Crippen LogP contribution in [0, 0.1) is 5.41 Å². The Kier molecular flexibility index (Phi) is 6.01. The van der Waals surface area contributed by atoms with Gasteiger partial charge in [0.05, 0.1) is 25.2 Å². The monoisotopic (exact) mass is 390 g/mol. The Morgan fingerprint density at radius 2 is 1.21 bits per heavy atom. The van der Waals surface area contributed by atoms with Crippen molar-refractivity contribution >= 4 is 0 Å². The predicted octanol–water partition coefficient (Wildman–Crippen LogP) is 5.57. The van der Waals surface area contributed by atoms with Gasteiger partial charge in [-0.25, -0.2) is 0 Å². The smallest absolute Gasteiger partial charge is 0.230 e. The Morgan fingerprint density at radius 3 is 1.69 bits per heavy atom. The first-order valence-corrected chi connectivity index (χ1v) is 9.98. The van der Waals surface area contributed by atoms with Gasteiger partial charge in [-0.15, -0.1) is 0 Å². The molecule has 150 valence electrons. The lowest BCUT2D eigenvalue weighted by atomic mass is 9.84. The molecular formula is C25H26O4. The van der Waals surface area contributed by atoms with Gasteiger partial charge in [-0.1, -0.05) is 49.4 Å². The number of benzene rings is 3. The lowest BCUT2D eigenvalue weighted by molar-refractivity contribution is -0.133. The van der Waals surface area contributed by atoms with E-state index in [2.05, 4.69) is 19.1 Å². The van der Waals surface area contributed by atoms with E-state index in [0.717, 1.165) is 48.0 Å². The van der Waals surface area contributed by atoms with Crippen molar-refractivity contribution in [2.45, 2.75) is 13.3 Å². The fourth-order valence-corrected chi connectivity index (χ4v) is 3.19. The molecule has 1 aliphatic heterocycles. The quantitative estimate of drug-likeness (QED) is 0.447. The summed E-state index contributed by atoms with van der Waals surface area (Å²) < 4.78 is 22.6. The van der Waals surface area contributed by atoms with Crippen molar-refractivity contribution < 1.29 is 18.9 Å². The Hall–Kier alpha value is -2.98. The minimum atomic E-state index is 0.180. The molecule has 1 saturated heterocycles. The molecule has 1 aliphatic rings.